The minimum Gasteiger partial charge on any atom is -0.462 e. The topological polar surface area (TPSA) is 143 Å². The van der Waals surface area contributed by atoms with Gasteiger partial charge in [-0.25, -0.2) is 9.59 Å². The highest BCUT2D eigenvalue weighted by Gasteiger charge is 2.36. The minimum absolute atomic E-state index is 0.0404. The summed E-state index contributed by atoms with van der Waals surface area (Å²) in [6, 6.07) is 8.20. The van der Waals surface area contributed by atoms with Crippen molar-refractivity contribution in [2.24, 2.45) is 5.92 Å². The third kappa shape index (κ3) is 8.86. The van der Waals surface area contributed by atoms with Gasteiger partial charge in [-0.2, -0.15) is 0 Å². The quantitative estimate of drug-likeness (QED) is 0.314. The number of aliphatic hydroxyl groups is 1. The van der Waals surface area contributed by atoms with Gasteiger partial charge in [0.1, 0.15) is 19.3 Å². The first kappa shape index (κ1) is 29.2. The normalized spacial score (nSPS) is 23.2. The summed E-state index contributed by atoms with van der Waals surface area (Å²) in [7, 11) is 0. The number of esters is 1. The maximum absolute atomic E-state index is 13.1. The van der Waals surface area contributed by atoms with Gasteiger partial charge in [0.05, 0.1) is 23.6 Å². The van der Waals surface area contributed by atoms with Crippen molar-refractivity contribution in [2.75, 3.05) is 13.2 Å². The molecule has 0 radical (unpaired) electrons. The van der Waals surface area contributed by atoms with Crippen LogP contribution in [0.4, 0.5) is 4.79 Å². The molecule has 1 aliphatic heterocycles. The standard InChI is InChI=1S/C28H39N3O7/c1-27(2)19-38-25(35)22(29-26(36)37-17-20-10-4-3-5-11-20)13-7-6-12-21(24(34)31-27)16-23(33)30-28(18-32)14-8-9-15-28/h3-7,10-11,21-22,32H,8-9,12-19H2,1-2H3,(H,29,36)(H,30,33)(H,31,34)/t21-,22-/m1/s1. The summed E-state index contributed by atoms with van der Waals surface area (Å²) in [6.07, 6.45) is 6.32. The zero-order chi connectivity index (χ0) is 27.6. The molecule has 3 amide bonds. The molecule has 2 aliphatic rings. The Kier molecular flexibility index (Phi) is 10.3. The molecular formula is C28H39N3O7. The van der Waals surface area contributed by atoms with E-state index in [9.17, 15) is 24.3 Å². The average molecular weight is 530 g/mol. The van der Waals surface area contributed by atoms with Crippen molar-refractivity contribution in [1.82, 2.24) is 16.0 Å². The smallest absolute Gasteiger partial charge is 0.408 e. The lowest BCUT2D eigenvalue weighted by Gasteiger charge is -2.31. The first-order valence-electron chi connectivity index (χ1n) is 13.1. The second kappa shape index (κ2) is 13.4. The van der Waals surface area contributed by atoms with Crippen molar-refractivity contribution in [3.8, 4) is 0 Å². The highest BCUT2D eigenvalue weighted by Crippen LogP contribution is 2.29. The van der Waals surface area contributed by atoms with Gasteiger partial charge in [0.25, 0.3) is 0 Å². The van der Waals surface area contributed by atoms with E-state index in [0.717, 1.165) is 18.4 Å². The number of cyclic esters (lactones) is 1. The molecule has 3 rings (SSSR count). The summed E-state index contributed by atoms with van der Waals surface area (Å²) < 4.78 is 10.7. The van der Waals surface area contributed by atoms with Crippen LogP contribution in [0.15, 0.2) is 42.5 Å². The van der Waals surface area contributed by atoms with Crippen molar-refractivity contribution < 1.29 is 33.8 Å². The van der Waals surface area contributed by atoms with Crippen LogP contribution in [0.25, 0.3) is 0 Å². The highest BCUT2D eigenvalue weighted by molar-refractivity contribution is 5.87. The second-order valence-corrected chi connectivity index (χ2v) is 10.8. The van der Waals surface area contributed by atoms with Gasteiger partial charge in [-0.3, -0.25) is 9.59 Å². The van der Waals surface area contributed by atoms with Crippen LogP contribution < -0.4 is 16.0 Å². The fraction of sp³-hybridized carbons (Fsp3) is 0.571. The molecule has 0 unspecified atom stereocenters. The van der Waals surface area contributed by atoms with E-state index in [1.165, 1.54) is 0 Å². The number of hydrogen-bond donors (Lipinski definition) is 4. The lowest BCUT2D eigenvalue weighted by atomic mass is 9.94. The molecule has 0 saturated heterocycles. The Morgan fingerprint density at radius 2 is 1.79 bits per heavy atom. The average Bonchev–Trinajstić information content (AvgIpc) is 3.35. The van der Waals surface area contributed by atoms with Gasteiger partial charge in [-0.05, 0) is 45.1 Å². The van der Waals surface area contributed by atoms with Crippen LogP contribution in [0, 0.1) is 5.92 Å². The van der Waals surface area contributed by atoms with E-state index in [0.29, 0.717) is 12.8 Å². The molecule has 1 saturated carbocycles. The Bertz CT molecular complexity index is 1000. The zero-order valence-corrected chi connectivity index (χ0v) is 22.2. The molecule has 0 aromatic heterocycles. The molecule has 1 heterocycles. The molecule has 0 bridgehead atoms. The second-order valence-electron chi connectivity index (χ2n) is 10.8. The molecular weight excluding hydrogens is 490 g/mol. The number of hydrogen-bond acceptors (Lipinski definition) is 7. The number of carbonyl (C=O) groups is 4. The first-order valence-corrected chi connectivity index (χ1v) is 13.1. The number of carbonyl (C=O) groups excluding carboxylic acids is 4. The van der Waals surface area contributed by atoms with Crippen LogP contribution in [0.3, 0.4) is 0 Å². The minimum atomic E-state index is -0.978. The number of aliphatic hydroxyl groups excluding tert-OH is 1. The molecule has 2 atom stereocenters. The number of benzene rings is 1. The number of rotatable bonds is 7. The van der Waals surface area contributed by atoms with E-state index in [1.807, 2.05) is 30.3 Å². The predicted molar refractivity (Wildman–Crippen MR) is 140 cm³/mol. The lowest BCUT2D eigenvalue weighted by Crippen LogP contribution is -2.53. The lowest BCUT2D eigenvalue weighted by molar-refractivity contribution is -0.149. The van der Waals surface area contributed by atoms with Crippen LogP contribution in [-0.2, 0) is 30.5 Å². The number of alkyl carbamates (subject to hydrolysis) is 1. The van der Waals surface area contributed by atoms with E-state index in [2.05, 4.69) is 16.0 Å². The first-order chi connectivity index (χ1) is 18.1. The monoisotopic (exact) mass is 529 g/mol. The summed E-state index contributed by atoms with van der Waals surface area (Å²) in [5.41, 5.74) is -0.703. The van der Waals surface area contributed by atoms with E-state index < -0.39 is 35.1 Å². The number of amides is 3. The van der Waals surface area contributed by atoms with E-state index >= 15 is 0 Å². The van der Waals surface area contributed by atoms with Gasteiger partial charge >= 0.3 is 12.1 Å². The molecule has 0 spiro atoms. The fourth-order valence-electron chi connectivity index (χ4n) is 4.67. The third-order valence-corrected chi connectivity index (χ3v) is 6.86. The van der Waals surface area contributed by atoms with Gasteiger partial charge in [-0.15, -0.1) is 0 Å². The molecule has 10 heteroatoms. The van der Waals surface area contributed by atoms with Crippen LogP contribution in [0.1, 0.15) is 64.4 Å². The maximum atomic E-state index is 13.1. The van der Waals surface area contributed by atoms with E-state index in [1.54, 1.807) is 26.0 Å². The molecule has 1 fully saturated rings. The Balaban J connectivity index is 1.64. The van der Waals surface area contributed by atoms with Gasteiger partial charge in [0.15, 0.2) is 0 Å². The van der Waals surface area contributed by atoms with Crippen LogP contribution in [0.5, 0.6) is 0 Å². The molecule has 1 aromatic rings. The Hall–Kier alpha value is -3.40. The maximum Gasteiger partial charge on any atom is 0.408 e. The number of ether oxygens (including phenoxy) is 2. The van der Waals surface area contributed by atoms with Crippen molar-refractivity contribution in [1.29, 1.82) is 0 Å². The molecule has 10 nitrogen and oxygen atoms in total. The van der Waals surface area contributed by atoms with Gasteiger partial charge in [0, 0.05) is 6.42 Å². The molecule has 4 N–H and O–H groups in total. The van der Waals surface area contributed by atoms with Crippen LogP contribution in [-0.4, -0.2) is 59.3 Å². The number of nitrogens with one attached hydrogen (secondary N) is 3. The summed E-state index contributed by atoms with van der Waals surface area (Å²) in [4.78, 5) is 51.0. The van der Waals surface area contributed by atoms with Crippen LogP contribution in [0.2, 0.25) is 0 Å². The largest absolute Gasteiger partial charge is 0.462 e. The third-order valence-electron chi connectivity index (χ3n) is 6.86. The summed E-state index contributed by atoms with van der Waals surface area (Å²) in [5, 5.41) is 18.2. The van der Waals surface area contributed by atoms with Crippen molar-refractivity contribution in [3.63, 3.8) is 0 Å². The van der Waals surface area contributed by atoms with E-state index in [4.69, 9.17) is 9.47 Å². The van der Waals surface area contributed by atoms with E-state index in [-0.39, 0.29) is 50.9 Å². The van der Waals surface area contributed by atoms with Gasteiger partial charge in [0.2, 0.25) is 11.8 Å². The highest BCUT2D eigenvalue weighted by atomic mass is 16.6. The molecule has 1 aromatic carbocycles. The van der Waals surface area contributed by atoms with Crippen molar-refractivity contribution in [2.45, 2.75) is 82.5 Å². The van der Waals surface area contributed by atoms with Gasteiger partial charge in [-0.1, -0.05) is 55.3 Å². The van der Waals surface area contributed by atoms with Crippen molar-refractivity contribution >= 4 is 23.9 Å². The molecule has 1 aliphatic carbocycles. The summed E-state index contributed by atoms with van der Waals surface area (Å²) in [5.74, 6) is -1.90. The van der Waals surface area contributed by atoms with Crippen LogP contribution >= 0.6 is 0 Å². The molecule has 38 heavy (non-hydrogen) atoms. The predicted octanol–water partition coefficient (Wildman–Crippen LogP) is 2.50. The SMILES string of the molecule is CC1(C)COC(=O)[C@H](NC(=O)OCc2ccccc2)CC=CC[C@H](CC(=O)NC2(CO)CCCC2)C(=O)N1. The van der Waals surface area contributed by atoms with Crippen molar-refractivity contribution in [3.05, 3.63) is 48.0 Å². The summed E-state index contributed by atoms with van der Waals surface area (Å²) >= 11 is 0. The fourth-order valence-corrected chi connectivity index (χ4v) is 4.67. The zero-order valence-electron chi connectivity index (χ0n) is 22.2. The Morgan fingerprint density at radius 3 is 2.47 bits per heavy atom. The number of allylic oxidation sites excluding steroid dienone is 1. The molecule has 208 valence electrons. The van der Waals surface area contributed by atoms with Gasteiger partial charge < -0.3 is 30.5 Å². The Labute approximate surface area is 223 Å². The summed E-state index contributed by atoms with van der Waals surface area (Å²) in [6.45, 7) is 3.24. The Morgan fingerprint density at radius 1 is 1.11 bits per heavy atom.